The van der Waals surface area contributed by atoms with Gasteiger partial charge in [0.15, 0.2) is 29.6 Å². The van der Waals surface area contributed by atoms with Crippen LogP contribution in [0.5, 0.6) is 23.0 Å². The van der Waals surface area contributed by atoms with Gasteiger partial charge in [0.05, 0.1) is 31.5 Å². The Kier molecular flexibility index (Phi) is 7.24. The molecular formula is C21H23ClN2O6. The zero-order valence-electron chi connectivity index (χ0n) is 16.9. The van der Waals surface area contributed by atoms with Gasteiger partial charge in [-0.05, 0) is 36.8 Å². The molecule has 0 bridgehead atoms. The van der Waals surface area contributed by atoms with Crippen LogP contribution in [-0.4, -0.2) is 46.2 Å². The van der Waals surface area contributed by atoms with Gasteiger partial charge in [0.2, 0.25) is 0 Å². The zero-order valence-corrected chi connectivity index (χ0v) is 17.7. The Hall–Kier alpha value is -3.13. The molecule has 2 aromatic carbocycles. The Morgan fingerprint density at radius 3 is 2.70 bits per heavy atom. The molecule has 9 heteroatoms. The number of hydrogen-bond acceptors (Lipinski definition) is 7. The molecule has 3 rings (SSSR count). The third-order valence-corrected chi connectivity index (χ3v) is 4.65. The number of oxime groups is 1. The van der Waals surface area contributed by atoms with Crippen molar-refractivity contribution < 1.29 is 28.6 Å². The van der Waals surface area contributed by atoms with Crippen molar-refractivity contribution in [3.63, 3.8) is 0 Å². The van der Waals surface area contributed by atoms with Gasteiger partial charge in [0.25, 0.3) is 5.91 Å². The van der Waals surface area contributed by atoms with Crippen LogP contribution in [0.25, 0.3) is 0 Å². The first kappa shape index (κ1) is 21.6. The number of amides is 1. The van der Waals surface area contributed by atoms with Crippen molar-refractivity contribution in [1.82, 2.24) is 5.32 Å². The van der Waals surface area contributed by atoms with Crippen molar-refractivity contribution in [2.24, 2.45) is 5.16 Å². The molecule has 30 heavy (non-hydrogen) atoms. The van der Waals surface area contributed by atoms with Crippen molar-refractivity contribution in [2.45, 2.75) is 13.0 Å². The molecular weight excluding hydrogens is 412 g/mol. The third kappa shape index (κ3) is 5.27. The topological polar surface area (TPSA) is 87.6 Å². The number of hydrogen-bond donors (Lipinski definition) is 1. The average Bonchev–Trinajstić information content (AvgIpc) is 2.75. The average molecular weight is 435 g/mol. The molecule has 0 saturated carbocycles. The summed E-state index contributed by atoms with van der Waals surface area (Å²) in [5, 5.41) is 7.05. The van der Waals surface area contributed by atoms with Gasteiger partial charge in [-0.2, -0.15) is 0 Å². The highest BCUT2D eigenvalue weighted by Gasteiger charge is 2.16. The van der Waals surface area contributed by atoms with Crippen molar-refractivity contribution in [3.05, 3.63) is 46.5 Å². The lowest BCUT2D eigenvalue weighted by molar-refractivity contribution is -0.126. The van der Waals surface area contributed by atoms with E-state index in [1.54, 1.807) is 12.1 Å². The van der Waals surface area contributed by atoms with E-state index in [9.17, 15) is 4.79 Å². The van der Waals surface area contributed by atoms with Gasteiger partial charge < -0.3 is 29.1 Å². The van der Waals surface area contributed by atoms with E-state index in [0.717, 1.165) is 5.56 Å². The van der Waals surface area contributed by atoms with Gasteiger partial charge >= 0.3 is 0 Å². The summed E-state index contributed by atoms with van der Waals surface area (Å²) in [7, 11) is 3.02. The zero-order chi connectivity index (χ0) is 21.5. The van der Waals surface area contributed by atoms with Crippen LogP contribution in [0.3, 0.4) is 0 Å². The number of benzene rings is 2. The summed E-state index contributed by atoms with van der Waals surface area (Å²) in [5.41, 5.74) is 1.54. The number of methoxy groups -OCH3 is 2. The number of nitrogens with one attached hydrogen (secondary N) is 1. The van der Waals surface area contributed by atoms with Crippen LogP contribution in [-0.2, 0) is 9.63 Å². The second-order valence-electron chi connectivity index (χ2n) is 6.44. The summed E-state index contributed by atoms with van der Waals surface area (Å²) in [6.45, 7) is 2.69. The maximum Gasteiger partial charge on any atom is 0.261 e. The first-order valence-corrected chi connectivity index (χ1v) is 9.65. The van der Waals surface area contributed by atoms with Crippen molar-refractivity contribution in [1.29, 1.82) is 0 Å². The summed E-state index contributed by atoms with van der Waals surface area (Å²) in [4.78, 5) is 17.2. The predicted octanol–water partition coefficient (Wildman–Crippen LogP) is 3.36. The number of rotatable bonds is 8. The molecule has 8 nitrogen and oxygen atoms in total. The number of carbonyl (C=O) groups is 1. The molecule has 1 atom stereocenters. The Balaban J connectivity index is 1.52. The quantitative estimate of drug-likeness (QED) is 0.506. The van der Waals surface area contributed by atoms with Crippen LogP contribution in [0.15, 0.2) is 35.5 Å². The van der Waals surface area contributed by atoms with Crippen LogP contribution < -0.4 is 24.3 Å². The minimum atomic E-state index is -0.306. The highest BCUT2D eigenvalue weighted by Crippen LogP contribution is 2.35. The number of nitrogens with zero attached hydrogens (tertiary/aromatic N) is 1. The molecule has 0 aromatic heterocycles. The van der Waals surface area contributed by atoms with Gasteiger partial charge in [-0.25, -0.2) is 0 Å². The van der Waals surface area contributed by atoms with Crippen molar-refractivity contribution in [3.8, 4) is 23.0 Å². The number of carbonyl (C=O) groups excluding carboxylic acids is 1. The number of ether oxygens (including phenoxy) is 4. The van der Waals surface area contributed by atoms with E-state index in [-0.39, 0.29) is 18.6 Å². The van der Waals surface area contributed by atoms with E-state index in [1.807, 2.05) is 25.1 Å². The Morgan fingerprint density at radius 1 is 1.20 bits per heavy atom. The summed E-state index contributed by atoms with van der Waals surface area (Å²) in [6.07, 6.45) is 1.44. The molecule has 1 aliphatic rings. The molecule has 1 unspecified atom stereocenters. The molecule has 0 aliphatic carbocycles. The summed E-state index contributed by atoms with van der Waals surface area (Å²) in [6, 6.07) is 8.70. The minimum absolute atomic E-state index is 0.230. The smallest absolute Gasteiger partial charge is 0.261 e. The standard InChI is InChI=1S/C21H23ClN2O6/c1-13(15-4-5-17-18(10-15)29-7-6-28-17)24-20(25)12-30-23-11-14-8-16(22)21(27-3)19(9-14)26-2/h4-5,8-11,13H,6-7,12H2,1-3H3,(H,24,25)/b23-11+. The number of halogens is 1. The van der Waals surface area contributed by atoms with E-state index in [2.05, 4.69) is 10.5 Å². The lowest BCUT2D eigenvalue weighted by atomic mass is 10.1. The fourth-order valence-electron chi connectivity index (χ4n) is 2.90. The fraction of sp³-hybridized carbons (Fsp3) is 0.333. The van der Waals surface area contributed by atoms with E-state index >= 15 is 0 Å². The van der Waals surface area contributed by atoms with Crippen LogP contribution in [0, 0.1) is 0 Å². The summed E-state index contributed by atoms with van der Waals surface area (Å²) >= 11 is 6.15. The van der Waals surface area contributed by atoms with Gasteiger partial charge in [0.1, 0.15) is 13.2 Å². The second kappa shape index (κ2) is 10.1. The van der Waals surface area contributed by atoms with Gasteiger partial charge in [-0.1, -0.05) is 22.8 Å². The lowest BCUT2D eigenvalue weighted by Gasteiger charge is -2.21. The van der Waals surface area contributed by atoms with E-state index in [1.165, 1.54) is 20.4 Å². The molecule has 1 amide bonds. The first-order valence-electron chi connectivity index (χ1n) is 9.27. The number of fused-ring (bicyclic) bond motifs is 1. The maximum atomic E-state index is 12.1. The largest absolute Gasteiger partial charge is 0.493 e. The fourth-order valence-corrected chi connectivity index (χ4v) is 3.20. The van der Waals surface area contributed by atoms with Crippen LogP contribution in [0.2, 0.25) is 5.02 Å². The highest BCUT2D eigenvalue weighted by atomic mass is 35.5. The monoisotopic (exact) mass is 434 g/mol. The Morgan fingerprint density at radius 2 is 1.97 bits per heavy atom. The van der Waals surface area contributed by atoms with Gasteiger partial charge in [-0.3, -0.25) is 4.79 Å². The molecule has 1 N–H and O–H groups in total. The highest BCUT2D eigenvalue weighted by molar-refractivity contribution is 6.32. The van der Waals surface area contributed by atoms with E-state index < -0.39 is 0 Å². The lowest BCUT2D eigenvalue weighted by Crippen LogP contribution is -2.29. The molecule has 0 saturated heterocycles. The van der Waals surface area contributed by atoms with Crippen molar-refractivity contribution >= 4 is 23.7 Å². The normalized spacial score (nSPS) is 13.6. The Bertz CT molecular complexity index is 934. The van der Waals surface area contributed by atoms with Crippen LogP contribution in [0.4, 0.5) is 0 Å². The summed E-state index contributed by atoms with van der Waals surface area (Å²) < 4.78 is 21.5. The van der Waals surface area contributed by atoms with Gasteiger partial charge in [-0.15, -0.1) is 0 Å². The second-order valence-corrected chi connectivity index (χ2v) is 6.85. The SMILES string of the molecule is COc1cc(/C=N/OCC(=O)NC(C)c2ccc3c(c2)OCCO3)cc(Cl)c1OC. The van der Waals surface area contributed by atoms with Gasteiger partial charge in [0, 0.05) is 5.56 Å². The van der Waals surface area contributed by atoms with Crippen LogP contribution in [0.1, 0.15) is 24.1 Å². The van der Waals surface area contributed by atoms with Crippen molar-refractivity contribution in [2.75, 3.05) is 34.0 Å². The van der Waals surface area contributed by atoms with E-state index in [4.69, 9.17) is 35.4 Å². The predicted molar refractivity (Wildman–Crippen MR) is 112 cm³/mol. The molecule has 2 aromatic rings. The molecule has 1 aliphatic heterocycles. The first-order chi connectivity index (χ1) is 14.5. The molecule has 0 fully saturated rings. The molecule has 0 spiro atoms. The molecule has 160 valence electrons. The maximum absolute atomic E-state index is 12.1. The van der Waals surface area contributed by atoms with E-state index in [0.29, 0.717) is 46.8 Å². The third-order valence-electron chi connectivity index (χ3n) is 4.37. The molecule has 1 heterocycles. The summed E-state index contributed by atoms with van der Waals surface area (Å²) in [5.74, 6) is 1.98. The molecule has 0 radical (unpaired) electrons. The Labute approximate surface area is 179 Å². The van der Waals surface area contributed by atoms with Crippen LogP contribution >= 0.6 is 11.6 Å². The minimum Gasteiger partial charge on any atom is -0.493 e.